The van der Waals surface area contributed by atoms with Crippen molar-refractivity contribution in [3.63, 3.8) is 0 Å². The molecule has 1 aliphatic rings. The van der Waals surface area contributed by atoms with Crippen molar-refractivity contribution < 1.29 is 0 Å². The first-order valence-electron chi connectivity index (χ1n) is 6.63. The number of hydrogen-bond donors (Lipinski definition) is 1. The number of hydrogen-bond acceptors (Lipinski definition) is 3. The van der Waals surface area contributed by atoms with Crippen LogP contribution in [0.5, 0.6) is 0 Å². The molecule has 1 fully saturated rings. The molecule has 1 aliphatic heterocycles. The fourth-order valence-corrected chi connectivity index (χ4v) is 2.64. The lowest BCUT2D eigenvalue weighted by atomic mass is 9.92. The van der Waals surface area contributed by atoms with Gasteiger partial charge in [0.05, 0.1) is 0 Å². The molecule has 2 heterocycles. The molecule has 0 radical (unpaired) electrons. The van der Waals surface area contributed by atoms with Crippen LogP contribution in [0.4, 0.5) is 0 Å². The number of nitrogens with zero attached hydrogens (tertiary/aromatic N) is 2. The average Bonchev–Trinajstić information content (AvgIpc) is 2.38. The van der Waals surface area contributed by atoms with E-state index in [1.165, 1.54) is 25.1 Å². The van der Waals surface area contributed by atoms with Crippen LogP contribution < -0.4 is 5.73 Å². The quantitative estimate of drug-likeness (QED) is 0.860. The van der Waals surface area contributed by atoms with Crippen molar-refractivity contribution in [2.75, 3.05) is 19.6 Å². The summed E-state index contributed by atoms with van der Waals surface area (Å²) >= 11 is 0. The van der Waals surface area contributed by atoms with E-state index >= 15 is 0 Å². The molecular formula is C14H23N3. The molecular weight excluding hydrogens is 210 g/mol. The zero-order valence-electron chi connectivity index (χ0n) is 10.7. The van der Waals surface area contributed by atoms with Gasteiger partial charge in [-0.05, 0) is 37.4 Å². The highest BCUT2D eigenvalue weighted by atomic mass is 15.2. The number of nitrogens with two attached hydrogens (primary N) is 1. The summed E-state index contributed by atoms with van der Waals surface area (Å²) in [6.45, 7) is 5.40. The summed E-state index contributed by atoms with van der Waals surface area (Å²) in [6, 6.07) is 6.70. The average molecular weight is 233 g/mol. The first kappa shape index (κ1) is 12.5. The summed E-state index contributed by atoms with van der Waals surface area (Å²) in [5, 5.41) is 0. The van der Waals surface area contributed by atoms with Crippen LogP contribution in [-0.4, -0.2) is 35.6 Å². The second kappa shape index (κ2) is 6.12. The lowest BCUT2D eigenvalue weighted by Crippen LogP contribution is -2.46. The van der Waals surface area contributed by atoms with E-state index in [0.29, 0.717) is 6.04 Å². The Morgan fingerprint density at radius 3 is 3.06 bits per heavy atom. The molecule has 17 heavy (non-hydrogen) atoms. The normalized spacial score (nSPS) is 26.0. The minimum Gasteiger partial charge on any atom is -0.329 e. The monoisotopic (exact) mass is 233 g/mol. The van der Waals surface area contributed by atoms with Crippen molar-refractivity contribution in [3.05, 3.63) is 30.1 Å². The van der Waals surface area contributed by atoms with Crippen LogP contribution in [0, 0.1) is 5.92 Å². The standard InChI is InChI=1S/C14H23N3/c1-12-5-8-17(14(10-12)11-15)9-6-13-4-2-3-7-16-13/h2-4,7,12,14H,5-6,8-11,15H2,1H3. The summed E-state index contributed by atoms with van der Waals surface area (Å²) in [7, 11) is 0. The Balaban J connectivity index is 1.85. The van der Waals surface area contributed by atoms with Crippen LogP contribution in [0.15, 0.2) is 24.4 Å². The van der Waals surface area contributed by atoms with E-state index in [1.807, 2.05) is 12.3 Å². The number of piperidine rings is 1. The molecule has 3 nitrogen and oxygen atoms in total. The van der Waals surface area contributed by atoms with Gasteiger partial charge in [-0.2, -0.15) is 0 Å². The highest BCUT2D eigenvalue weighted by Crippen LogP contribution is 2.21. The predicted octanol–water partition coefficient (Wildman–Crippen LogP) is 1.68. The van der Waals surface area contributed by atoms with Crippen molar-refractivity contribution in [1.29, 1.82) is 0 Å². The van der Waals surface area contributed by atoms with Gasteiger partial charge in [-0.25, -0.2) is 0 Å². The molecule has 0 amide bonds. The molecule has 1 aromatic rings. The summed E-state index contributed by atoms with van der Waals surface area (Å²) < 4.78 is 0. The Morgan fingerprint density at radius 1 is 1.47 bits per heavy atom. The smallest absolute Gasteiger partial charge is 0.0416 e. The Morgan fingerprint density at radius 2 is 2.35 bits per heavy atom. The minimum absolute atomic E-state index is 0.572. The molecule has 0 bridgehead atoms. The van der Waals surface area contributed by atoms with Gasteiger partial charge in [0.25, 0.3) is 0 Å². The van der Waals surface area contributed by atoms with Gasteiger partial charge in [-0.3, -0.25) is 9.88 Å². The largest absolute Gasteiger partial charge is 0.329 e. The van der Waals surface area contributed by atoms with Gasteiger partial charge < -0.3 is 5.73 Å². The zero-order chi connectivity index (χ0) is 12.1. The van der Waals surface area contributed by atoms with Crippen molar-refractivity contribution in [3.8, 4) is 0 Å². The van der Waals surface area contributed by atoms with E-state index in [2.05, 4.69) is 28.9 Å². The third kappa shape index (κ3) is 3.51. The fraction of sp³-hybridized carbons (Fsp3) is 0.643. The molecule has 1 aromatic heterocycles. The summed E-state index contributed by atoms with van der Waals surface area (Å²) in [5.41, 5.74) is 7.05. The lowest BCUT2D eigenvalue weighted by Gasteiger charge is -2.37. The van der Waals surface area contributed by atoms with Crippen LogP contribution in [0.3, 0.4) is 0 Å². The maximum atomic E-state index is 5.87. The number of rotatable bonds is 4. The molecule has 0 spiro atoms. The molecule has 0 aromatic carbocycles. The van der Waals surface area contributed by atoms with Gasteiger partial charge >= 0.3 is 0 Å². The Labute approximate surface area is 104 Å². The molecule has 2 N–H and O–H groups in total. The molecule has 2 rings (SSSR count). The Bertz CT molecular complexity index is 325. The second-order valence-corrected chi connectivity index (χ2v) is 5.13. The lowest BCUT2D eigenvalue weighted by molar-refractivity contribution is 0.124. The van der Waals surface area contributed by atoms with E-state index in [1.54, 1.807) is 0 Å². The summed E-state index contributed by atoms with van der Waals surface area (Å²) in [4.78, 5) is 6.91. The van der Waals surface area contributed by atoms with Gasteiger partial charge in [-0.1, -0.05) is 13.0 Å². The summed E-state index contributed by atoms with van der Waals surface area (Å²) in [6.07, 6.45) is 5.46. The predicted molar refractivity (Wildman–Crippen MR) is 70.8 cm³/mol. The molecule has 2 atom stereocenters. The maximum absolute atomic E-state index is 5.87. The van der Waals surface area contributed by atoms with E-state index in [4.69, 9.17) is 5.73 Å². The second-order valence-electron chi connectivity index (χ2n) is 5.13. The van der Waals surface area contributed by atoms with E-state index < -0.39 is 0 Å². The molecule has 0 saturated carbocycles. The topological polar surface area (TPSA) is 42.2 Å². The van der Waals surface area contributed by atoms with Gasteiger partial charge in [0.2, 0.25) is 0 Å². The summed E-state index contributed by atoms with van der Waals surface area (Å²) in [5.74, 6) is 0.828. The Hall–Kier alpha value is -0.930. The van der Waals surface area contributed by atoms with Crippen LogP contribution in [-0.2, 0) is 6.42 Å². The highest BCUT2D eigenvalue weighted by Gasteiger charge is 2.24. The first-order valence-corrected chi connectivity index (χ1v) is 6.63. The van der Waals surface area contributed by atoms with Gasteiger partial charge in [-0.15, -0.1) is 0 Å². The van der Waals surface area contributed by atoms with Gasteiger partial charge in [0.15, 0.2) is 0 Å². The van der Waals surface area contributed by atoms with Crippen LogP contribution in [0.1, 0.15) is 25.5 Å². The van der Waals surface area contributed by atoms with Crippen molar-refractivity contribution in [1.82, 2.24) is 9.88 Å². The van der Waals surface area contributed by atoms with Crippen LogP contribution in [0.25, 0.3) is 0 Å². The number of aromatic nitrogens is 1. The molecule has 1 saturated heterocycles. The van der Waals surface area contributed by atoms with E-state index in [0.717, 1.165) is 25.4 Å². The van der Waals surface area contributed by atoms with Crippen molar-refractivity contribution >= 4 is 0 Å². The van der Waals surface area contributed by atoms with Crippen molar-refractivity contribution in [2.45, 2.75) is 32.2 Å². The van der Waals surface area contributed by atoms with Gasteiger partial charge in [0, 0.05) is 37.4 Å². The number of pyridine rings is 1. The van der Waals surface area contributed by atoms with Crippen molar-refractivity contribution in [2.24, 2.45) is 11.7 Å². The zero-order valence-corrected chi connectivity index (χ0v) is 10.7. The molecule has 3 heteroatoms. The third-order valence-corrected chi connectivity index (χ3v) is 3.75. The third-order valence-electron chi connectivity index (χ3n) is 3.75. The van der Waals surface area contributed by atoms with Gasteiger partial charge in [0.1, 0.15) is 0 Å². The Kier molecular flexibility index (Phi) is 4.51. The molecule has 94 valence electrons. The minimum atomic E-state index is 0.572. The first-order chi connectivity index (χ1) is 8.29. The SMILES string of the molecule is CC1CCN(CCc2ccccn2)C(CN)C1. The fourth-order valence-electron chi connectivity index (χ4n) is 2.64. The van der Waals surface area contributed by atoms with E-state index in [9.17, 15) is 0 Å². The molecule has 0 aliphatic carbocycles. The van der Waals surface area contributed by atoms with E-state index in [-0.39, 0.29) is 0 Å². The maximum Gasteiger partial charge on any atom is 0.0416 e. The van der Waals surface area contributed by atoms with Crippen LogP contribution >= 0.6 is 0 Å². The molecule has 2 unspecified atom stereocenters. The van der Waals surface area contributed by atoms with Crippen LogP contribution in [0.2, 0.25) is 0 Å². The highest BCUT2D eigenvalue weighted by molar-refractivity contribution is 5.04. The number of likely N-dealkylation sites (tertiary alicyclic amines) is 1.